The number of carbonyl (C=O) groups excluding carboxylic acids is 1. The zero-order chi connectivity index (χ0) is 8.97. The first-order valence-electron chi connectivity index (χ1n) is 4.07. The highest BCUT2D eigenvalue weighted by Gasteiger charge is 2.31. The molecule has 1 aliphatic carbocycles. The first-order valence-corrected chi connectivity index (χ1v) is 4.70. The molecule has 0 aromatic heterocycles. The predicted octanol–water partition coefficient (Wildman–Crippen LogP) is 0.821. The minimum absolute atomic E-state index is 0.0519. The fourth-order valence-electron chi connectivity index (χ4n) is 1.16. The Labute approximate surface area is 77.8 Å². The highest BCUT2D eigenvalue weighted by atomic mass is 32.1. The van der Waals surface area contributed by atoms with Gasteiger partial charge in [0.1, 0.15) is 0 Å². The number of nitriles is 1. The molecule has 0 unspecified atom stereocenters. The molecule has 0 heterocycles. The summed E-state index contributed by atoms with van der Waals surface area (Å²) >= 11 is 3.93. The molecule has 4 heteroatoms. The van der Waals surface area contributed by atoms with Gasteiger partial charge >= 0.3 is 0 Å². The summed E-state index contributed by atoms with van der Waals surface area (Å²) in [5.74, 6) is 0.304. The molecule has 0 bridgehead atoms. The van der Waals surface area contributed by atoms with Crippen LogP contribution in [-0.2, 0) is 4.79 Å². The first kappa shape index (κ1) is 9.40. The normalized spacial score (nSPS) is 15.3. The monoisotopic (exact) mass is 184 g/mol. The molecule has 0 aliphatic heterocycles. The molecule has 0 aromatic carbocycles. The zero-order valence-corrected chi connectivity index (χ0v) is 7.76. The molecule has 1 saturated carbocycles. The number of hydrogen-bond acceptors (Lipinski definition) is 3. The van der Waals surface area contributed by atoms with Crippen LogP contribution in [0.25, 0.3) is 0 Å². The largest absolute Gasteiger partial charge is 0.338 e. The molecule has 0 radical (unpaired) electrons. The van der Waals surface area contributed by atoms with E-state index in [-0.39, 0.29) is 11.7 Å². The van der Waals surface area contributed by atoms with Gasteiger partial charge in [0.2, 0.25) is 5.91 Å². The van der Waals surface area contributed by atoms with Crippen LogP contribution in [0.3, 0.4) is 0 Å². The molecule has 1 fully saturated rings. The lowest BCUT2D eigenvalue weighted by Gasteiger charge is -2.19. The fraction of sp³-hybridized carbons (Fsp3) is 0.750. The molecule has 66 valence electrons. The second kappa shape index (κ2) is 4.36. The minimum Gasteiger partial charge on any atom is -0.338 e. The quantitative estimate of drug-likeness (QED) is 0.657. The summed E-state index contributed by atoms with van der Waals surface area (Å²) in [7, 11) is 0. The van der Waals surface area contributed by atoms with Crippen LogP contribution < -0.4 is 0 Å². The van der Waals surface area contributed by atoms with Gasteiger partial charge in [0.05, 0.1) is 18.2 Å². The molecule has 1 aliphatic rings. The Balaban J connectivity index is 2.38. The van der Waals surface area contributed by atoms with Crippen molar-refractivity contribution in [2.45, 2.75) is 25.3 Å². The predicted molar refractivity (Wildman–Crippen MR) is 48.8 cm³/mol. The van der Waals surface area contributed by atoms with Crippen molar-refractivity contribution in [3.63, 3.8) is 0 Å². The van der Waals surface area contributed by atoms with E-state index < -0.39 is 0 Å². The lowest BCUT2D eigenvalue weighted by atomic mass is 10.4. The number of hydrogen-bond donors (Lipinski definition) is 1. The average molecular weight is 184 g/mol. The van der Waals surface area contributed by atoms with Crippen LogP contribution in [-0.4, -0.2) is 29.1 Å². The lowest BCUT2D eigenvalue weighted by Crippen LogP contribution is -2.34. The van der Waals surface area contributed by atoms with Crippen molar-refractivity contribution in [3.8, 4) is 6.07 Å². The average Bonchev–Trinajstić information content (AvgIpc) is 2.88. The molecule has 0 spiro atoms. The Hall–Kier alpha value is -0.690. The van der Waals surface area contributed by atoms with Crippen molar-refractivity contribution in [2.75, 3.05) is 12.3 Å². The van der Waals surface area contributed by atoms with Crippen molar-refractivity contribution in [3.05, 3.63) is 0 Å². The third kappa shape index (κ3) is 2.42. The number of carbonyl (C=O) groups is 1. The topological polar surface area (TPSA) is 44.1 Å². The van der Waals surface area contributed by atoms with Gasteiger partial charge in [-0.2, -0.15) is 17.9 Å². The molecular weight excluding hydrogens is 172 g/mol. The number of rotatable bonds is 4. The van der Waals surface area contributed by atoms with Crippen LogP contribution in [0.15, 0.2) is 0 Å². The summed E-state index contributed by atoms with van der Waals surface area (Å²) < 4.78 is 0. The third-order valence-electron chi connectivity index (χ3n) is 1.91. The fourth-order valence-corrected chi connectivity index (χ4v) is 1.34. The molecule has 1 amide bonds. The zero-order valence-electron chi connectivity index (χ0n) is 6.86. The third-order valence-corrected chi connectivity index (χ3v) is 2.18. The van der Waals surface area contributed by atoms with E-state index in [9.17, 15) is 4.79 Å². The Kier molecular flexibility index (Phi) is 3.42. The Morgan fingerprint density at radius 2 is 2.33 bits per heavy atom. The summed E-state index contributed by atoms with van der Waals surface area (Å²) in [6.07, 6.45) is 2.60. The van der Waals surface area contributed by atoms with Crippen LogP contribution in [0.1, 0.15) is 19.3 Å². The van der Waals surface area contributed by atoms with Gasteiger partial charge < -0.3 is 4.90 Å². The van der Waals surface area contributed by atoms with Crippen molar-refractivity contribution < 1.29 is 4.79 Å². The minimum atomic E-state index is 0.0519. The number of thiol groups is 1. The maximum Gasteiger partial charge on any atom is 0.232 e. The SMILES string of the molecule is N#CCCN(C(=O)CS)C1CC1. The van der Waals surface area contributed by atoms with Gasteiger partial charge in [0.25, 0.3) is 0 Å². The number of nitrogens with zero attached hydrogens (tertiary/aromatic N) is 2. The van der Waals surface area contributed by atoms with Gasteiger partial charge in [-0.1, -0.05) is 0 Å². The van der Waals surface area contributed by atoms with E-state index in [1.54, 1.807) is 4.90 Å². The summed E-state index contributed by atoms with van der Waals surface area (Å²) in [6, 6.07) is 2.44. The highest BCUT2D eigenvalue weighted by Crippen LogP contribution is 2.26. The van der Waals surface area contributed by atoms with Crippen LogP contribution in [0.4, 0.5) is 0 Å². The van der Waals surface area contributed by atoms with Crippen LogP contribution >= 0.6 is 12.6 Å². The van der Waals surface area contributed by atoms with E-state index in [1.165, 1.54) is 0 Å². The van der Waals surface area contributed by atoms with Crippen molar-refractivity contribution in [1.29, 1.82) is 5.26 Å². The molecule has 1 rings (SSSR count). The van der Waals surface area contributed by atoms with Gasteiger partial charge in [-0.15, -0.1) is 0 Å². The van der Waals surface area contributed by atoms with Gasteiger partial charge in [0, 0.05) is 12.6 Å². The second-order valence-electron chi connectivity index (χ2n) is 2.88. The Bertz CT molecular complexity index is 208. The van der Waals surface area contributed by atoms with Gasteiger partial charge in [-0.05, 0) is 12.8 Å². The van der Waals surface area contributed by atoms with Crippen LogP contribution in [0, 0.1) is 11.3 Å². The Morgan fingerprint density at radius 3 is 2.75 bits per heavy atom. The molecule has 0 saturated heterocycles. The van der Waals surface area contributed by atoms with Crippen molar-refractivity contribution >= 4 is 18.5 Å². The maximum atomic E-state index is 11.2. The van der Waals surface area contributed by atoms with E-state index in [4.69, 9.17) is 5.26 Å². The molecule has 0 N–H and O–H groups in total. The van der Waals surface area contributed by atoms with Gasteiger partial charge in [-0.25, -0.2) is 0 Å². The summed E-state index contributed by atoms with van der Waals surface area (Å²) in [4.78, 5) is 13.0. The van der Waals surface area contributed by atoms with E-state index in [0.717, 1.165) is 12.8 Å². The van der Waals surface area contributed by atoms with E-state index >= 15 is 0 Å². The molecule has 0 aromatic rings. The molecular formula is C8H12N2OS. The molecule has 0 atom stereocenters. The van der Waals surface area contributed by atoms with Crippen molar-refractivity contribution in [1.82, 2.24) is 4.90 Å². The first-order chi connectivity index (χ1) is 5.79. The van der Waals surface area contributed by atoms with Crippen LogP contribution in [0.2, 0.25) is 0 Å². The molecule has 3 nitrogen and oxygen atoms in total. The number of amides is 1. The van der Waals surface area contributed by atoms with Gasteiger partial charge in [0.15, 0.2) is 0 Å². The van der Waals surface area contributed by atoms with E-state index in [1.807, 2.05) is 6.07 Å². The highest BCUT2D eigenvalue weighted by molar-refractivity contribution is 7.81. The van der Waals surface area contributed by atoms with Crippen LogP contribution in [0.5, 0.6) is 0 Å². The Morgan fingerprint density at radius 1 is 1.67 bits per heavy atom. The summed E-state index contributed by atoms with van der Waals surface area (Å²) in [6.45, 7) is 0.570. The summed E-state index contributed by atoms with van der Waals surface area (Å²) in [5.41, 5.74) is 0. The molecule has 12 heavy (non-hydrogen) atoms. The van der Waals surface area contributed by atoms with Crippen molar-refractivity contribution in [2.24, 2.45) is 0 Å². The summed E-state index contributed by atoms with van der Waals surface area (Å²) in [5, 5.41) is 8.36. The van der Waals surface area contributed by atoms with E-state index in [2.05, 4.69) is 12.6 Å². The van der Waals surface area contributed by atoms with E-state index in [0.29, 0.717) is 19.0 Å². The standard InChI is InChI=1S/C8H12N2OS/c9-4-1-5-10(7-2-3-7)8(11)6-12/h7,12H,1-3,5-6H2. The second-order valence-corrected chi connectivity index (χ2v) is 3.20. The smallest absolute Gasteiger partial charge is 0.232 e. The van der Waals surface area contributed by atoms with Gasteiger partial charge in [-0.3, -0.25) is 4.79 Å². The maximum absolute atomic E-state index is 11.2. The lowest BCUT2D eigenvalue weighted by molar-refractivity contribution is -0.128.